The van der Waals surface area contributed by atoms with Crippen LogP contribution in [0.15, 0.2) is 53.1 Å². The summed E-state index contributed by atoms with van der Waals surface area (Å²) in [5, 5.41) is 4.68. The molecule has 3 nitrogen and oxygen atoms in total. The van der Waals surface area contributed by atoms with Crippen LogP contribution in [0.3, 0.4) is 0 Å². The molecule has 2 N–H and O–H groups in total. The number of ether oxygens (including phenoxy) is 1. The molecule has 2 aromatic carbocycles. The second-order valence-corrected chi connectivity index (χ2v) is 5.51. The first-order valence-corrected chi connectivity index (χ1v) is 7.19. The van der Waals surface area contributed by atoms with E-state index in [1.807, 2.05) is 30.5 Å². The zero-order chi connectivity index (χ0) is 13.9. The van der Waals surface area contributed by atoms with E-state index < -0.39 is 0 Å². The Kier molecular flexibility index (Phi) is 3.65. The number of hydrogen-bond donors (Lipinski definition) is 2. The van der Waals surface area contributed by atoms with Crippen molar-refractivity contribution in [3.05, 3.63) is 58.7 Å². The van der Waals surface area contributed by atoms with Crippen molar-refractivity contribution in [1.29, 1.82) is 0 Å². The van der Waals surface area contributed by atoms with Gasteiger partial charge in [0.1, 0.15) is 5.75 Å². The Hall–Kier alpha value is -1.94. The van der Waals surface area contributed by atoms with Gasteiger partial charge in [-0.2, -0.15) is 0 Å². The number of aromatic nitrogens is 1. The van der Waals surface area contributed by atoms with E-state index in [-0.39, 0.29) is 0 Å². The van der Waals surface area contributed by atoms with Gasteiger partial charge in [-0.05, 0) is 23.8 Å². The van der Waals surface area contributed by atoms with Crippen molar-refractivity contribution in [1.82, 2.24) is 4.98 Å². The molecule has 0 saturated carbocycles. The van der Waals surface area contributed by atoms with Gasteiger partial charge in [-0.1, -0.05) is 34.1 Å². The Labute approximate surface area is 126 Å². The molecule has 0 aliphatic rings. The van der Waals surface area contributed by atoms with Crippen molar-refractivity contribution >= 4 is 32.5 Å². The molecule has 0 aliphatic heterocycles. The molecule has 0 aliphatic carbocycles. The van der Waals surface area contributed by atoms with Crippen LogP contribution < -0.4 is 10.1 Å². The van der Waals surface area contributed by atoms with Crippen LogP contribution in [0.1, 0.15) is 5.56 Å². The van der Waals surface area contributed by atoms with Crippen LogP contribution in [0.4, 0.5) is 5.69 Å². The van der Waals surface area contributed by atoms with Gasteiger partial charge in [0.05, 0.1) is 7.11 Å². The number of rotatable bonds is 4. The highest BCUT2D eigenvalue weighted by Crippen LogP contribution is 2.25. The summed E-state index contributed by atoms with van der Waals surface area (Å²) in [6, 6.07) is 14.3. The van der Waals surface area contributed by atoms with Gasteiger partial charge in [0.15, 0.2) is 0 Å². The fourth-order valence-corrected chi connectivity index (χ4v) is 2.73. The van der Waals surface area contributed by atoms with Crippen LogP contribution in [-0.2, 0) is 6.54 Å². The molecule has 1 aromatic heterocycles. The molecule has 0 spiro atoms. The number of anilines is 1. The lowest BCUT2D eigenvalue weighted by atomic mass is 10.2. The average Bonchev–Trinajstić information content (AvgIpc) is 2.88. The molecule has 20 heavy (non-hydrogen) atoms. The predicted octanol–water partition coefficient (Wildman–Crippen LogP) is 4.55. The number of halogens is 1. The average molecular weight is 331 g/mol. The Bertz CT molecular complexity index is 736. The van der Waals surface area contributed by atoms with Gasteiger partial charge >= 0.3 is 0 Å². The lowest BCUT2D eigenvalue weighted by Gasteiger charge is -2.08. The van der Waals surface area contributed by atoms with E-state index in [2.05, 4.69) is 44.4 Å². The van der Waals surface area contributed by atoms with Crippen LogP contribution in [0, 0.1) is 0 Å². The minimum absolute atomic E-state index is 0.767. The second kappa shape index (κ2) is 5.59. The van der Waals surface area contributed by atoms with Crippen LogP contribution in [0.2, 0.25) is 0 Å². The van der Waals surface area contributed by atoms with Crippen molar-refractivity contribution < 1.29 is 4.74 Å². The third-order valence-corrected chi connectivity index (χ3v) is 3.72. The topological polar surface area (TPSA) is 37.0 Å². The fraction of sp³-hybridized carbons (Fsp3) is 0.125. The number of benzene rings is 2. The van der Waals surface area contributed by atoms with Gasteiger partial charge in [0.2, 0.25) is 0 Å². The normalized spacial score (nSPS) is 10.7. The molecule has 0 amide bonds. The Morgan fingerprint density at radius 1 is 1.20 bits per heavy atom. The van der Waals surface area contributed by atoms with Crippen LogP contribution >= 0.6 is 15.9 Å². The maximum atomic E-state index is 5.27. The number of methoxy groups -OCH3 is 1. The smallest absolute Gasteiger partial charge is 0.122 e. The molecule has 0 radical (unpaired) electrons. The summed E-state index contributed by atoms with van der Waals surface area (Å²) in [5.74, 6) is 0.834. The van der Waals surface area contributed by atoms with E-state index in [0.29, 0.717) is 0 Å². The maximum absolute atomic E-state index is 5.27. The lowest BCUT2D eigenvalue weighted by Crippen LogP contribution is -1.99. The summed E-state index contributed by atoms with van der Waals surface area (Å²) < 4.78 is 6.27. The van der Waals surface area contributed by atoms with E-state index in [0.717, 1.165) is 28.0 Å². The third kappa shape index (κ3) is 2.65. The molecule has 0 fully saturated rings. The number of hydrogen-bond acceptors (Lipinski definition) is 2. The summed E-state index contributed by atoms with van der Waals surface area (Å²) in [5.41, 5.74) is 3.44. The third-order valence-electron chi connectivity index (χ3n) is 3.26. The van der Waals surface area contributed by atoms with Gasteiger partial charge in [-0.25, -0.2) is 0 Å². The monoisotopic (exact) mass is 330 g/mol. The van der Waals surface area contributed by atoms with E-state index in [1.54, 1.807) is 7.11 Å². The van der Waals surface area contributed by atoms with E-state index in [9.17, 15) is 0 Å². The quantitative estimate of drug-likeness (QED) is 0.736. The van der Waals surface area contributed by atoms with Crippen LogP contribution in [0.25, 0.3) is 10.9 Å². The highest BCUT2D eigenvalue weighted by molar-refractivity contribution is 9.10. The molecule has 0 atom stereocenters. The number of H-pyrrole nitrogens is 1. The van der Waals surface area contributed by atoms with E-state index >= 15 is 0 Å². The van der Waals surface area contributed by atoms with Crippen molar-refractivity contribution in [2.45, 2.75) is 6.54 Å². The van der Waals surface area contributed by atoms with Gasteiger partial charge in [-0.3, -0.25) is 0 Å². The van der Waals surface area contributed by atoms with Crippen LogP contribution in [0.5, 0.6) is 5.75 Å². The zero-order valence-corrected chi connectivity index (χ0v) is 12.7. The summed E-state index contributed by atoms with van der Waals surface area (Å²) in [4.78, 5) is 3.28. The van der Waals surface area contributed by atoms with Crippen molar-refractivity contribution in [2.75, 3.05) is 12.4 Å². The Balaban J connectivity index is 1.81. The first kappa shape index (κ1) is 13.1. The molecule has 0 bridgehead atoms. The highest BCUT2D eigenvalue weighted by atomic mass is 79.9. The molecular weight excluding hydrogens is 316 g/mol. The van der Waals surface area contributed by atoms with Crippen molar-refractivity contribution in [3.8, 4) is 5.75 Å². The van der Waals surface area contributed by atoms with Crippen molar-refractivity contribution in [2.24, 2.45) is 0 Å². The van der Waals surface area contributed by atoms with Gasteiger partial charge < -0.3 is 15.0 Å². The molecular formula is C16H15BrN2O. The highest BCUT2D eigenvalue weighted by Gasteiger charge is 2.04. The molecule has 0 unspecified atom stereocenters. The van der Waals surface area contributed by atoms with Gasteiger partial charge in [0.25, 0.3) is 0 Å². The first-order valence-electron chi connectivity index (χ1n) is 6.40. The number of aromatic amines is 1. The van der Waals surface area contributed by atoms with Crippen LogP contribution in [-0.4, -0.2) is 12.1 Å². The summed E-state index contributed by atoms with van der Waals surface area (Å²) in [6.45, 7) is 0.767. The Morgan fingerprint density at radius 2 is 2.05 bits per heavy atom. The number of para-hydroxylation sites is 1. The SMILES string of the molecule is COc1cc(Br)cc(NCc2c[nH]c3ccccc23)c1. The fourth-order valence-electron chi connectivity index (χ4n) is 2.26. The standard InChI is InChI=1S/C16H15BrN2O/c1-20-14-7-12(17)6-13(8-14)18-9-11-10-19-16-5-3-2-4-15(11)16/h2-8,10,18-19H,9H2,1H3. The molecule has 1 heterocycles. The zero-order valence-electron chi connectivity index (χ0n) is 11.1. The molecule has 3 aromatic rings. The first-order chi connectivity index (χ1) is 9.76. The molecule has 4 heteroatoms. The number of nitrogens with one attached hydrogen (secondary N) is 2. The molecule has 0 saturated heterocycles. The molecule has 102 valence electrons. The van der Waals surface area contributed by atoms with Crippen molar-refractivity contribution in [3.63, 3.8) is 0 Å². The predicted molar refractivity (Wildman–Crippen MR) is 86.3 cm³/mol. The van der Waals surface area contributed by atoms with Gasteiger partial charge in [0, 0.05) is 39.9 Å². The minimum atomic E-state index is 0.767. The van der Waals surface area contributed by atoms with E-state index in [4.69, 9.17) is 4.74 Å². The summed E-state index contributed by atoms with van der Waals surface area (Å²) in [7, 11) is 1.67. The van der Waals surface area contributed by atoms with Gasteiger partial charge in [-0.15, -0.1) is 0 Å². The summed E-state index contributed by atoms with van der Waals surface area (Å²) in [6.07, 6.45) is 2.05. The minimum Gasteiger partial charge on any atom is -0.497 e. The lowest BCUT2D eigenvalue weighted by molar-refractivity contribution is 0.414. The largest absolute Gasteiger partial charge is 0.497 e. The summed E-state index contributed by atoms with van der Waals surface area (Å²) >= 11 is 3.49. The molecule has 3 rings (SSSR count). The second-order valence-electron chi connectivity index (χ2n) is 4.59. The Morgan fingerprint density at radius 3 is 2.90 bits per heavy atom. The number of fused-ring (bicyclic) bond motifs is 1. The maximum Gasteiger partial charge on any atom is 0.122 e. The van der Waals surface area contributed by atoms with E-state index in [1.165, 1.54) is 10.9 Å².